The molecule has 6 nitrogen and oxygen atoms in total. The van der Waals surface area contributed by atoms with Gasteiger partial charge in [0.05, 0.1) is 4.34 Å². The number of carbonyl (C=O) groups is 1. The average Bonchev–Trinajstić information content (AvgIpc) is 3.18. The van der Waals surface area contributed by atoms with Crippen LogP contribution in [0.5, 0.6) is 0 Å². The number of carbonyl (C=O) groups excluding carboxylic acids is 1. The van der Waals surface area contributed by atoms with Crippen LogP contribution in [0, 0.1) is 0 Å². The van der Waals surface area contributed by atoms with E-state index in [2.05, 4.69) is 10.3 Å². The van der Waals surface area contributed by atoms with Gasteiger partial charge in [0, 0.05) is 36.1 Å². The van der Waals surface area contributed by atoms with Gasteiger partial charge in [-0.05, 0) is 49.9 Å². The van der Waals surface area contributed by atoms with E-state index in [0.717, 1.165) is 24.2 Å². The van der Waals surface area contributed by atoms with Gasteiger partial charge in [-0.2, -0.15) is 4.31 Å². The molecule has 4 rings (SSSR count). The summed E-state index contributed by atoms with van der Waals surface area (Å²) in [6.07, 6.45) is 6.08. The van der Waals surface area contributed by atoms with E-state index in [1.54, 1.807) is 41.0 Å². The number of thiophene rings is 1. The van der Waals surface area contributed by atoms with Crippen molar-refractivity contribution >= 4 is 38.9 Å². The summed E-state index contributed by atoms with van der Waals surface area (Å²) in [5, 5.41) is 3.05. The molecule has 2 atom stereocenters. The van der Waals surface area contributed by atoms with E-state index in [-0.39, 0.29) is 24.0 Å². The van der Waals surface area contributed by atoms with Crippen molar-refractivity contribution in [3.63, 3.8) is 0 Å². The number of hydrogen-bond acceptors (Lipinski definition) is 5. The molecule has 138 valence electrons. The zero-order valence-electron chi connectivity index (χ0n) is 13.8. The molecule has 2 aromatic heterocycles. The second-order valence-corrected chi connectivity index (χ2v) is 10.4. The van der Waals surface area contributed by atoms with Crippen molar-refractivity contribution in [1.29, 1.82) is 0 Å². The van der Waals surface area contributed by atoms with Gasteiger partial charge in [-0.3, -0.25) is 9.78 Å². The first-order valence-electron chi connectivity index (χ1n) is 8.45. The standard InChI is InChI=1S/C17H18ClN3O3S2/c18-15-3-4-16(25-15)26(23,24)21-13-1-2-14(21)10-12(9-13)20-17(22)11-5-7-19-8-6-11/h3-8,12-14H,1-2,9-10H2,(H,20,22). The number of nitrogens with one attached hydrogen (secondary N) is 1. The lowest BCUT2D eigenvalue weighted by atomic mass is 9.99. The number of piperidine rings is 1. The monoisotopic (exact) mass is 411 g/mol. The van der Waals surface area contributed by atoms with Crippen LogP contribution in [0.3, 0.4) is 0 Å². The van der Waals surface area contributed by atoms with E-state index in [1.807, 2.05) is 0 Å². The molecule has 26 heavy (non-hydrogen) atoms. The molecule has 0 radical (unpaired) electrons. The lowest BCUT2D eigenvalue weighted by Crippen LogP contribution is -2.52. The molecule has 2 aromatic rings. The van der Waals surface area contributed by atoms with Gasteiger partial charge in [0.1, 0.15) is 4.21 Å². The van der Waals surface area contributed by atoms with E-state index in [1.165, 1.54) is 0 Å². The number of rotatable bonds is 4. The normalized spacial score (nSPS) is 26.0. The van der Waals surface area contributed by atoms with Gasteiger partial charge in [0.2, 0.25) is 0 Å². The van der Waals surface area contributed by atoms with Crippen molar-refractivity contribution in [1.82, 2.24) is 14.6 Å². The second kappa shape index (κ2) is 6.92. The van der Waals surface area contributed by atoms with Crippen LogP contribution in [0.15, 0.2) is 40.9 Å². The van der Waals surface area contributed by atoms with Gasteiger partial charge >= 0.3 is 0 Å². The average molecular weight is 412 g/mol. The van der Waals surface area contributed by atoms with E-state index in [4.69, 9.17) is 11.6 Å². The molecular formula is C17H18ClN3O3S2. The Labute approximate surface area is 161 Å². The molecule has 0 spiro atoms. The number of amides is 1. The molecule has 0 aromatic carbocycles. The van der Waals surface area contributed by atoms with Gasteiger partial charge in [-0.25, -0.2) is 8.42 Å². The quantitative estimate of drug-likeness (QED) is 0.838. The van der Waals surface area contributed by atoms with E-state index in [9.17, 15) is 13.2 Å². The topological polar surface area (TPSA) is 79.4 Å². The molecule has 2 fully saturated rings. The highest BCUT2D eigenvalue weighted by Gasteiger charge is 2.47. The van der Waals surface area contributed by atoms with Crippen molar-refractivity contribution in [2.24, 2.45) is 0 Å². The summed E-state index contributed by atoms with van der Waals surface area (Å²) in [6.45, 7) is 0. The Morgan fingerprint density at radius 2 is 1.81 bits per heavy atom. The number of sulfonamides is 1. The predicted molar refractivity (Wildman–Crippen MR) is 99.9 cm³/mol. The van der Waals surface area contributed by atoms with E-state index in [0.29, 0.717) is 27.0 Å². The Morgan fingerprint density at radius 3 is 2.38 bits per heavy atom. The van der Waals surface area contributed by atoms with Gasteiger partial charge < -0.3 is 5.32 Å². The maximum Gasteiger partial charge on any atom is 0.253 e. The minimum absolute atomic E-state index is 0.0217. The summed E-state index contributed by atoms with van der Waals surface area (Å²) >= 11 is 7.01. The Balaban J connectivity index is 1.49. The zero-order valence-corrected chi connectivity index (χ0v) is 16.2. The number of halogens is 1. The minimum atomic E-state index is -3.53. The van der Waals surface area contributed by atoms with E-state index >= 15 is 0 Å². The highest BCUT2D eigenvalue weighted by atomic mass is 35.5. The van der Waals surface area contributed by atoms with Crippen molar-refractivity contribution in [3.05, 3.63) is 46.6 Å². The summed E-state index contributed by atoms with van der Waals surface area (Å²) < 4.78 is 28.4. The van der Waals surface area contributed by atoms with Crippen molar-refractivity contribution < 1.29 is 13.2 Å². The highest BCUT2D eigenvalue weighted by molar-refractivity contribution is 7.91. The molecule has 2 aliphatic heterocycles. The summed E-state index contributed by atoms with van der Waals surface area (Å²) in [5.41, 5.74) is 0.565. The Morgan fingerprint density at radius 1 is 1.15 bits per heavy atom. The third kappa shape index (κ3) is 3.26. The number of nitrogens with zero attached hydrogens (tertiary/aromatic N) is 2. The number of fused-ring (bicyclic) bond motifs is 2. The molecular weight excluding hydrogens is 394 g/mol. The first kappa shape index (κ1) is 17.9. The summed E-state index contributed by atoms with van der Waals surface area (Å²) in [6, 6.07) is 6.34. The lowest BCUT2D eigenvalue weighted by Gasteiger charge is -2.37. The van der Waals surface area contributed by atoms with Crippen LogP contribution in [0.25, 0.3) is 0 Å². The van der Waals surface area contributed by atoms with Crippen LogP contribution in [0.4, 0.5) is 0 Å². The predicted octanol–water partition coefficient (Wildman–Crippen LogP) is 2.91. The van der Waals surface area contributed by atoms with Gasteiger partial charge in [0.25, 0.3) is 15.9 Å². The lowest BCUT2D eigenvalue weighted by molar-refractivity contribution is 0.0909. The molecule has 9 heteroatoms. The molecule has 2 aliphatic rings. The second-order valence-electron chi connectivity index (χ2n) is 6.66. The SMILES string of the molecule is O=C(NC1CC2CCC(C1)N2S(=O)(=O)c1ccc(Cl)s1)c1ccncc1. The van der Waals surface area contributed by atoms with Gasteiger partial charge in [0.15, 0.2) is 0 Å². The van der Waals surface area contributed by atoms with Crippen molar-refractivity contribution in [3.8, 4) is 0 Å². The molecule has 4 heterocycles. The fraction of sp³-hybridized carbons (Fsp3) is 0.412. The number of pyridine rings is 1. The van der Waals surface area contributed by atoms with Crippen LogP contribution in [0.2, 0.25) is 4.34 Å². The molecule has 0 saturated carbocycles. The molecule has 0 aliphatic carbocycles. The molecule has 2 unspecified atom stereocenters. The summed E-state index contributed by atoms with van der Waals surface area (Å²) in [4.78, 5) is 16.3. The van der Waals surface area contributed by atoms with Crippen LogP contribution >= 0.6 is 22.9 Å². The smallest absolute Gasteiger partial charge is 0.253 e. The first-order valence-corrected chi connectivity index (χ1v) is 11.1. The van der Waals surface area contributed by atoms with Crippen LogP contribution in [-0.4, -0.2) is 41.7 Å². The van der Waals surface area contributed by atoms with Crippen molar-refractivity contribution in [2.75, 3.05) is 0 Å². The summed E-state index contributed by atoms with van der Waals surface area (Å²) in [5.74, 6) is -0.141. The van der Waals surface area contributed by atoms with Gasteiger partial charge in [-0.15, -0.1) is 11.3 Å². The summed E-state index contributed by atoms with van der Waals surface area (Å²) in [7, 11) is -3.53. The third-order valence-corrected chi connectivity index (χ3v) is 8.73. The van der Waals surface area contributed by atoms with E-state index < -0.39 is 10.0 Å². The molecule has 2 bridgehead atoms. The Bertz CT molecular complexity index is 902. The maximum atomic E-state index is 13.0. The maximum absolute atomic E-state index is 13.0. The fourth-order valence-electron chi connectivity index (χ4n) is 3.96. The van der Waals surface area contributed by atoms with Crippen LogP contribution in [-0.2, 0) is 10.0 Å². The fourth-order valence-corrected chi connectivity index (χ4v) is 7.44. The van der Waals surface area contributed by atoms with Gasteiger partial charge in [-0.1, -0.05) is 11.6 Å². The number of hydrogen-bond donors (Lipinski definition) is 1. The minimum Gasteiger partial charge on any atom is -0.349 e. The molecule has 1 amide bonds. The Kier molecular flexibility index (Phi) is 4.77. The van der Waals surface area contributed by atoms with Crippen LogP contribution < -0.4 is 5.32 Å². The molecule has 2 saturated heterocycles. The number of aromatic nitrogens is 1. The highest BCUT2D eigenvalue weighted by Crippen LogP contribution is 2.41. The zero-order chi connectivity index (χ0) is 18.3. The third-order valence-electron chi connectivity index (χ3n) is 5.02. The Hall–Kier alpha value is -1.48. The van der Waals surface area contributed by atoms with Crippen molar-refractivity contribution in [2.45, 2.75) is 48.0 Å². The largest absolute Gasteiger partial charge is 0.349 e. The van der Waals surface area contributed by atoms with Crippen LogP contribution in [0.1, 0.15) is 36.0 Å². The molecule has 1 N–H and O–H groups in total. The first-order chi connectivity index (χ1) is 12.4.